The highest BCUT2D eigenvalue weighted by molar-refractivity contribution is 6.31. The van der Waals surface area contributed by atoms with Crippen LogP contribution in [-0.2, 0) is 0 Å². The number of hydrogen-bond donors (Lipinski definition) is 0. The largest absolute Gasteiger partial charge is 0.309 e. The minimum absolute atomic E-state index is 0.150. The fourth-order valence-corrected chi connectivity index (χ4v) is 2.78. The van der Waals surface area contributed by atoms with Gasteiger partial charge in [0.1, 0.15) is 11.3 Å². The molecule has 0 aliphatic rings. The van der Waals surface area contributed by atoms with Crippen LogP contribution in [0.2, 0.25) is 5.02 Å². The average molecular weight is 300 g/mol. The summed E-state index contributed by atoms with van der Waals surface area (Å²) in [5.74, 6) is 1.47. The lowest BCUT2D eigenvalue weighted by atomic mass is 10.0. The van der Waals surface area contributed by atoms with Gasteiger partial charge in [-0.1, -0.05) is 25.4 Å². The molecule has 0 bridgehead atoms. The second-order valence-corrected chi connectivity index (χ2v) is 6.52. The molecule has 2 heterocycles. The van der Waals surface area contributed by atoms with Crippen molar-refractivity contribution in [2.24, 2.45) is 5.92 Å². The van der Waals surface area contributed by atoms with Crippen LogP contribution in [0.25, 0.3) is 11.2 Å². The molecule has 0 spiro atoms. The zero-order valence-corrected chi connectivity index (χ0v) is 13.2. The standard InChI is InChI=1S/C14H19Cl2N3/c1-8(2)5-9(3)19-13(10(4)15)18-12-6-11(16)7-17-14(12)19/h6-10H,5H2,1-4H3. The van der Waals surface area contributed by atoms with Gasteiger partial charge in [0, 0.05) is 12.2 Å². The second kappa shape index (κ2) is 5.68. The Hall–Kier alpha value is -0.800. The van der Waals surface area contributed by atoms with Gasteiger partial charge in [0.15, 0.2) is 5.65 Å². The molecular weight excluding hydrogens is 281 g/mol. The number of imidazole rings is 1. The fourth-order valence-electron chi connectivity index (χ4n) is 2.48. The number of hydrogen-bond acceptors (Lipinski definition) is 2. The van der Waals surface area contributed by atoms with Gasteiger partial charge in [-0.2, -0.15) is 0 Å². The third kappa shape index (κ3) is 3.03. The molecule has 19 heavy (non-hydrogen) atoms. The van der Waals surface area contributed by atoms with Gasteiger partial charge >= 0.3 is 0 Å². The van der Waals surface area contributed by atoms with Crippen molar-refractivity contribution < 1.29 is 0 Å². The Bertz CT molecular complexity index is 575. The van der Waals surface area contributed by atoms with Crippen LogP contribution >= 0.6 is 23.2 Å². The topological polar surface area (TPSA) is 30.7 Å². The molecule has 5 heteroatoms. The lowest BCUT2D eigenvalue weighted by molar-refractivity contribution is 0.424. The Kier molecular flexibility index (Phi) is 4.36. The Morgan fingerprint density at radius 2 is 1.95 bits per heavy atom. The molecule has 0 saturated heterocycles. The van der Waals surface area contributed by atoms with E-state index in [1.807, 2.05) is 13.0 Å². The molecule has 2 rings (SSSR count). The fraction of sp³-hybridized carbons (Fsp3) is 0.571. The third-order valence-corrected chi connectivity index (χ3v) is 3.53. The Balaban J connectivity index is 2.58. The van der Waals surface area contributed by atoms with E-state index < -0.39 is 0 Å². The van der Waals surface area contributed by atoms with Gasteiger partial charge in [0.25, 0.3) is 0 Å². The van der Waals surface area contributed by atoms with Crippen LogP contribution in [0.3, 0.4) is 0 Å². The smallest absolute Gasteiger partial charge is 0.160 e. The summed E-state index contributed by atoms with van der Waals surface area (Å²) in [5, 5.41) is 0.449. The number of aromatic nitrogens is 3. The lowest BCUT2D eigenvalue weighted by Gasteiger charge is -2.19. The van der Waals surface area contributed by atoms with E-state index in [-0.39, 0.29) is 5.38 Å². The molecule has 2 unspecified atom stereocenters. The van der Waals surface area contributed by atoms with E-state index in [0.717, 1.165) is 23.4 Å². The summed E-state index contributed by atoms with van der Waals surface area (Å²) in [7, 11) is 0. The third-order valence-electron chi connectivity index (χ3n) is 3.13. The van der Waals surface area contributed by atoms with Gasteiger partial charge in [-0.25, -0.2) is 9.97 Å². The average Bonchev–Trinajstić information content (AvgIpc) is 2.66. The molecular formula is C14H19Cl2N3. The van der Waals surface area contributed by atoms with Crippen molar-refractivity contribution in [2.75, 3.05) is 0 Å². The molecule has 0 N–H and O–H groups in total. The molecule has 0 fully saturated rings. The zero-order valence-electron chi connectivity index (χ0n) is 11.7. The molecule has 0 amide bonds. The first-order valence-electron chi connectivity index (χ1n) is 6.57. The highest BCUT2D eigenvalue weighted by Gasteiger charge is 2.20. The van der Waals surface area contributed by atoms with E-state index in [9.17, 15) is 0 Å². The molecule has 104 valence electrons. The highest BCUT2D eigenvalue weighted by Crippen LogP contribution is 2.30. The maximum absolute atomic E-state index is 6.26. The lowest BCUT2D eigenvalue weighted by Crippen LogP contribution is -2.12. The molecule has 0 aliphatic heterocycles. The predicted molar refractivity (Wildman–Crippen MR) is 81.0 cm³/mol. The van der Waals surface area contributed by atoms with E-state index in [1.54, 1.807) is 6.20 Å². The van der Waals surface area contributed by atoms with Gasteiger partial charge in [-0.05, 0) is 32.3 Å². The van der Waals surface area contributed by atoms with Crippen LogP contribution in [-0.4, -0.2) is 14.5 Å². The Labute approximate surface area is 123 Å². The van der Waals surface area contributed by atoms with Crippen molar-refractivity contribution in [3.63, 3.8) is 0 Å². The van der Waals surface area contributed by atoms with Crippen molar-refractivity contribution in [1.29, 1.82) is 0 Å². The van der Waals surface area contributed by atoms with E-state index >= 15 is 0 Å². The van der Waals surface area contributed by atoms with Crippen molar-refractivity contribution >= 4 is 34.4 Å². The quantitative estimate of drug-likeness (QED) is 0.745. The summed E-state index contributed by atoms with van der Waals surface area (Å²) in [6.45, 7) is 8.54. The SMILES string of the molecule is CC(C)CC(C)n1c(C(C)Cl)nc2cc(Cl)cnc21. The van der Waals surface area contributed by atoms with E-state index in [0.29, 0.717) is 17.0 Å². The molecule has 3 nitrogen and oxygen atoms in total. The van der Waals surface area contributed by atoms with E-state index in [1.165, 1.54) is 0 Å². The summed E-state index contributed by atoms with van der Waals surface area (Å²) >= 11 is 12.2. The molecule has 2 aromatic rings. The van der Waals surface area contributed by atoms with Gasteiger partial charge in [-0.15, -0.1) is 11.6 Å². The molecule has 2 atom stereocenters. The van der Waals surface area contributed by atoms with Crippen LogP contribution < -0.4 is 0 Å². The molecule has 0 aromatic carbocycles. The van der Waals surface area contributed by atoms with Crippen LogP contribution in [0, 0.1) is 5.92 Å². The molecule has 0 aliphatic carbocycles. The first-order valence-corrected chi connectivity index (χ1v) is 7.39. The monoisotopic (exact) mass is 299 g/mol. The van der Waals surface area contributed by atoms with Crippen LogP contribution in [0.4, 0.5) is 0 Å². The van der Waals surface area contributed by atoms with Gasteiger partial charge in [0.05, 0.1) is 10.4 Å². The number of halogens is 2. The summed E-state index contributed by atoms with van der Waals surface area (Å²) in [6, 6.07) is 2.15. The Morgan fingerprint density at radius 3 is 2.53 bits per heavy atom. The number of rotatable bonds is 4. The van der Waals surface area contributed by atoms with Crippen molar-refractivity contribution in [1.82, 2.24) is 14.5 Å². The van der Waals surface area contributed by atoms with Crippen molar-refractivity contribution in [2.45, 2.75) is 45.5 Å². The Morgan fingerprint density at radius 1 is 1.26 bits per heavy atom. The number of alkyl halides is 1. The van der Waals surface area contributed by atoms with Crippen LogP contribution in [0.1, 0.15) is 51.4 Å². The van der Waals surface area contributed by atoms with E-state index in [2.05, 4.69) is 35.3 Å². The number of pyridine rings is 1. The predicted octanol–water partition coefficient (Wildman–Crippen LogP) is 4.99. The highest BCUT2D eigenvalue weighted by atomic mass is 35.5. The van der Waals surface area contributed by atoms with Crippen LogP contribution in [0.15, 0.2) is 12.3 Å². The van der Waals surface area contributed by atoms with Crippen molar-refractivity contribution in [3.05, 3.63) is 23.1 Å². The first kappa shape index (κ1) is 14.6. The zero-order chi connectivity index (χ0) is 14.2. The first-order chi connectivity index (χ1) is 8.90. The number of nitrogens with zero attached hydrogens (tertiary/aromatic N) is 3. The normalized spacial score (nSPS) is 15.1. The summed E-state index contributed by atoms with van der Waals surface area (Å²) in [6.07, 6.45) is 2.72. The molecule has 2 aromatic heterocycles. The second-order valence-electron chi connectivity index (χ2n) is 5.43. The minimum Gasteiger partial charge on any atom is -0.309 e. The van der Waals surface area contributed by atoms with Crippen molar-refractivity contribution in [3.8, 4) is 0 Å². The van der Waals surface area contributed by atoms with Gasteiger partial charge in [0.2, 0.25) is 0 Å². The summed E-state index contributed by atoms with van der Waals surface area (Å²) in [5.41, 5.74) is 1.67. The minimum atomic E-state index is -0.150. The summed E-state index contributed by atoms with van der Waals surface area (Å²) in [4.78, 5) is 9.01. The maximum Gasteiger partial charge on any atom is 0.160 e. The number of fused-ring (bicyclic) bond motifs is 1. The summed E-state index contributed by atoms with van der Waals surface area (Å²) < 4.78 is 2.14. The van der Waals surface area contributed by atoms with Gasteiger partial charge < -0.3 is 4.57 Å². The van der Waals surface area contributed by atoms with E-state index in [4.69, 9.17) is 23.2 Å². The van der Waals surface area contributed by atoms with Gasteiger partial charge in [-0.3, -0.25) is 0 Å². The maximum atomic E-state index is 6.26. The molecule has 0 saturated carbocycles. The molecule has 0 radical (unpaired) electrons. The van der Waals surface area contributed by atoms with Crippen LogP contribution in [0.5, 0.6) is 0 Å².